The first-order valence-corrected chi connectivity index (χ1v) is 9.10. The number of nitrogens with one attached hydrogen (secondary N) is 2. The van der Waals surface area contributed by atoms with Gasteiger partial charge in [0.25, 0.3) is 0 Å². The van der Waals surface area contributed by atoms with E-state index in [-0.39, 0.29) is 24.8 Å². The number of likely N-dealkylation sites (N-methyl/N-ethyl adjacent to an activating group) is 1. The van der Waals surface area contributed by atoms with Gasteiger partial charge >= 0.3 is 0 Å². The Bertz CT molecular complexity index is 783. The molecule has 144 valence electrons. The fraction of sp³-hybridized carbons (Fsp3) is 0.300. The Balaban J connectivity index is 1.82. The zero-order valence-electron chi connectivity index (χ0n) is 15.5. The van der Waals surface area contributed by atoms with Gasteiger partial charge in [0.1, 0.15) is 5.75 Å². The summed E-state index contributed by atoms with van der Waals surface area (Å²) in [6.45, 7) is 3.27. The van der Waals surface area contributed by atoms with Crippen molar-refractivity contribution in [2.75, 3.05) is 37.4 Å². The van der Waals surface area contributed by atoms with Gasteiger partial charge in [-0.25, -0.2) is 0 Å². The molecule has 0 saturated carbocycles. The highest BCUT2D eigenvalue weighted by Crippen LogP contribution is 2.22. The number of para-hydroxylation sites is 2. The molecule has 0 aromatic heterocycles. The monoisotopic (exact) mass is 389 g/mol. The Morgan fingerprint density at radius 2 is 1.85 bits per heavy atom. The van der Waals surface area contributed by atoms with E-state index in [2.05, 4.69) is 10.6 Å². The van der Waals surface area contributed by atoms with E-state index in [4.69, 9.17) is 16.3 Å². The average molecular weight is 390 g/mol. The highest BCUT2D eigenvalue weighted by Gasteiger charge is 2.13. The molecule has 0 aliphatic rings. The molecule has 2 N–H and O–H groups in total. The van der Waals surface area contributed by atoms with Crippen LogP contribution < -0.4 is 15.4 Å². The number of halogens is 1. The van der Waals surface area contributed by atoms with Crippen LogP contribution >= 0.6 is 11.6 Å². The second kappa shape index (κ2) is 10.5. The Hall–Kier alpha value is -2.57. The topological polar surface area (TPSA) is 70.7 Å². The summed E-state index contributed by atoms with van der Waals surface area (Å²) in [5.41, 5.74) is 1.28. The first kappa shape index (κ1) is 20.7. The van der Waals surface area contributed by atoms with E-state index in [1.165, 1.54) is 0 Å². The lowest BCUT2D eigenvalue weighted by molar-refractivity contribution is -0.119. The van der Waals surface area contributed by atoms with Gasteiger partial charge in [-0.05, 0) is 36.9 Å². The number of ether oxygens (including phenoxy) is 1. The van der Waals surface area contributed by atoms with Crippen LogP contribution in [0.4, 0.5) is 11.4 Å². The van der Waals surface area contributed by atoms with Gasteiger partial charge in [-0.15, -0.1) is 0 Å². The van der Waals surface area contributed by atoms with Gasteiger partial charge in [0.05, 0.1) is 19.3 Å². The number of hydrogen-bond acceptors (Lipinski definition) is 4. The zero-order chi connectivity index (χ0) is 19.6. The molecule has 0 atom stereocenters. The van der Waals surface area contributed by atoms with Crippen LogP contribution in [0.15, 0.2) is 48.5 Å². The van der Waals surface area contributed by atoms with Gasteiger partial charge in [0.15, 0.2) is 0 Å². The van der Waals surface area contributed by atoms with Gasteiger partial charge < -0.3 is 15.4 Å². The number of amides is 2. The number of methoxy groups -OCH3 is 1. The first-order valence-electron chi connectivity index (χ1n) is 8.72. The van der Waals surface area contributed by atoms with Crippen LogP contribution in [0.25, 0.3) is 0 Å². The first-order chi connectivity index (χ1) is 13.0. The third kappa shape index (κ3) is 6.92. The van der Waals surface area contributed by atoms with Crippen molar-refractivity contribution in [3.05, 3.63) is 53.6 Å². The molecule has 27 heavy (non-hydrogen) atoms. The second-order valence-corrected chi connectivity index (χ2v) is 6.36. The van der Waals surface area contributed by atoms with E-state index in [1.54, 1.807) is 43.5 Å². The van der Waals surface area contributed by atoms with Gasteiger partial charge in [0.2, 0.25) is 11.8 Å². The number of hydrogen-bond donors (Lipinski definition) is 2. The van der Waals surface area contributed by atoms with Crippen LogP contribution in [0, 0.1) is 0 Å². The van der Waals surface area contributed by atoms with Crippen LogP contribution in [0.1, 0.15) is 13.3 Å². The summed E-state index contributed by atoms with van der Waals surface area (Å²) in [5, 5.41) is 6.21. The molecule has 2 rings (SSSR count). The van der Waals surface area contributed by atoms with Crippen molar-refractivity contribution >= 4 is 34.8 Å². The minimum atomic E-state index is -0.156. The molecule has 0 saturated heterocycles. The molecule has 0 spiro atoms. The zero-order valence-corrected chi connectivity index (χ0v) is 16.3. The van der Waals surface area contributed by atoms with Crippen molar-refractivity contribution in [3.8, 4) is 5.75 Å². The molecule has 6 nitrogen and oxygen atoms in total. The van der Waals surface area contributed by atoms with Gasteiger partial charge in [-0.1, -0.05) is 36.7 Å². The SMILES string of the molecule is CCN(CCC(=O)Nc1cccc(Cl)c1)CC(=O)Nc1ccccc1OC. The maximum absolute atomic E-state index is 12.3. The summed E-state index contributed by atoms with van der Waals surface area (Å²) in [5.74, 6) is 0.326. The normalized spacial score (nSPS) is 10.5. The van der Waals surface area contributed by atoms with E-state index in [1.807, 2.05) is 24.0 Å². The molecule has 0 unspecified atom stereocenters. The van der Waals surface area contributed by atoms with Crippen molar-refractivity contribution in [3.63, 3.8) is 0 Å². The number of nitrogens with zero attached hydrogens (tertiary/aromatic N) is 1. The third-order valence-electron chi connectivity index (χ3n) is 3.96. The van der Waals surface area contributed by atoms with E-state index < -0.39 is 0 Å². The van der Waals surface area contributed by atoms with Crippen LogP contribution in [0.5, 0.6) is 5.75 Å². The molecule has 0 heterocycles. The lowest BCUT2D eigenvalue weighted by atomic mass is 10.2. The fourth-order valence-electron chi connectivity index (χ4n) is 2.54. The van der Waals surface area contributed by atoms with Gasteiger partial charge in [-0.3, -0.25) is 14.5 Å². The second-order valence-electron chi connectivity index (χ2n) is 5.93. The number of anilines is 2. The Labute approximate surface area is 164 Å². The summed E-state index contributed by atoms with van der Waals surface area (Å²) in [6.07, 6.45) is 0.280. The predicted octanol–water partition coefficient (Wildman–Crippen LogP) is 3.64. The highest BCUT2D eigenvalue weighted by molar-refractivity contribution is 6.30. The molecular formula is C20H24ClN3O3. The minimum absolute atomic E-state index is 0.124. The van der Waals surface area contributed by atoms with E-state index in [9.17, 15) is 9.59 Å². The summed E-state index contributed by atoms with van der Waals surface area (Å²) in [4.78, 5) is 26.3. The number of carbonyl (C=O) groups excluding carboxylic acids is 2. The number of rotatable bonds is 9. The maximum atomic E-state index is 12.3. The third-order valence-corrected chi connectivity index (χ3v) is 4.19. The van der Waals surface area contributed by atoms with E-state index >= 15 is 0 Å². The number of benzene rings is 2. The fourth-order valence-corrected chi connectivity index (χ4v) is 2.73. The Morgan fingerprint density at radius 3 is 2.56 bits per heavy atom. The molecule has 0 fully saturated rings. The molecule has 2 aromatic rings. The average Bonchev–Trinajstić information content (AvgIpc) is 2.65. The van der Waals surface area contributed by atoms with E-state index in [0.29, 0.717) is 35.2 Å². The predicted molar refractivity (Wildman–Crippen MR) is 108 cm³/mol. The Kier molecular flexibility index (Phi) is 8.10. The quantitative estimate of drug-likeness (QED) is 0.687. The van der Waals surface area contributed by atoms with E-state index in [0.717, 1.165) is 0 Å². The minimum Gasteiger partial charge on any atom is -0.495 e. The molecule has 2 aromatic carbocycles. The van der Waals surface area contributed by atoms with Crippen molar-refractivity contribution in [1.29, 1.82) is 0 Å². The summed E-state index contributed by atoms with van der Waals surface area (Å²) in [7, 11) is 1.56. The maximum Gasteiger partial charge on any atom is 0.238 e. The smallest absolute Gasteiger partial charge is 0.238 e. The molecule has 2 amide bonds. The largest absolute Gasteiger partial charge is 0.495 e. The van der Waals surface area contributed by atoms with Crippen molar-refractivity contribution < 1.29 is 14.3 Å². The lowest BCUT2D eigenvalue weighted by Crippen LogP contribution is -2.35. The van der Waals surface area contributed by atoms with Crippen LogP contribution in [-0.4, -0.2) is 43.5 Å². The molecule has 0 bridgehead atoms. The van der Waals surface area contributed by atoms with Crippen molar-refractivity contribution in [2.24, 2.45) is 0 Å². The number of carbonyl (C=O) groups is 2. The molecular weight excluding hydrogens is 366 g/mol. The molecule has 7 heteroatoms. The van der Waals surface area contributed by atoms with Crippen molar-refractivity contribution in [2.45, 2.75) is 13.3 Å². The van der Waals surface area contributed by atoms with Gasteiger partial charge in [0, 0.05) is 23.7 Å². The lowest BCUT2D eigenvalue weighted by Gasteiger charge is -2.20. The highest BCUT2D eigenvalue weighted by atomic mass is 35.5. The standard InChI is InChI=1S/C20H24ClN3O3/c1-3-24(12-11-19(25)22-16-8-6-7-15(21)13-16)14-20(26)23-17-9-4-5-10-18(17)27-2/h4-10,13H,3,11-12,14H2,1-2H3,(H,22,25)(H,23,26). The molecule has 0 radical (unpaired) electrons. The van der Waals surface area contributed by atoms with Crippen LogP contribution in [0.2, 0.25) is 5.02 Å². The summed E-state index contributed by atoms with van der Waals surface area (Å²) >= 11 is 5.91. The van der Waals surface area contributed by atoms with Crippen LogP contribution in [-0.2, 0) is 9.59 Å². The summed E-state index contributed by atoms with van der Waals surface area (Å²) in [6, 6.07) is 14.2. The molecule has 0 aliphatic carbocycles. The molecule has 0 aliphatic heterocycles. The van der Waals surface area contributed by atoms with Crippen LogP contribution in [0.3, 0.4) is 0 Å². The van der Waals surface area contributed by atoms with Crippen molar-refractivity contribution in [1.82, 2.24) is 4.90 Å². The van der Waals surface area contributed by atoms with Gasteiger partial charge in [-0.2, -0.15) is 0 Å². The Morgan fingerprint density at radius 1 is 1.07 bits per heavy atom. The summed E-state index contributed by atoms with van der Waals surface area (Å²) < 4.78 is 5.23.